The van der Waals surface area contributed by atoms with Crippen LogP contribution in [0.15, 0.2) is 126 Å². The van der Waals surface area contributed by atoms with Gasteiger partial charge in [0.05, 0.1) is 0 Å². The van der Waals surface area contributed by atoms with E-state index in [9.17, 15) is 0 Å². The van der Waals surface area contributed by atoms with Gasteiger partial charge >= 0.3 is 0 Å². The Morgan fingerprint density at radius 1 is 0.486 bits per heavy atom. The quantitative estimate of drug-likeness (QED) is 0.272. The molecule has 0 aliphatic carbocycles. The molecule has 0 bridgehead atoms. The fourth-order valence-electron chi connectivity index (χ4n) is 4.72. The topological polar surface area (TPSA) is 38.9 Å². The molecule has 7 rings (SSSR count). The maximum Gasteiger partial charge on any atom is 0.180 e. The van der Waals surface area contributed by atoms with E-state index in [0.717, 1.165) is 49.6 Å². The van der Waals surface area contributed by atoms with Crippen LogP contribution in [0.2, 0.25) is 0 Å². The molecule has 0 radical (unpaired) electrons. The molecule has 0 amide bonds. The molecule has 7 aromatic rings. The van der Waals surface area contributed by atoms with Crippen molar-refractivity contribution in [2.75, 3.05) is 0 Å². The maximum atomic E-state index is 6.41. The Labute approximate surface area is 202 Å². The van der Waals surface area contributed by atoms with Crippen molar-refractivity contribution in [1.29, 1.82) is 0 Å². The third-order valence-electron chi connectivity index (χ3n) is 6.46. The van der Waals surface area contributed by atoms with Gasteiger partial charge in [-0.1, -0.05) is 103 Å². The van der Waals surface area contributed by atoms with Crippen LogP contribution >= 0.6 is 0 Å². The molecule has 0 saturated heterocycles. The zero-order valence-corrected chi connectivity index (χ0v) is 18.8. The van der Waals surface area contributed by atoms with E-state index in [4.69, 9.17) is 14.4 Å². The molecule has 2 aromatic heterocycles. The maximum absolute atomic E-state index is 6.41. The van der Waals surface area contributed by atoms with E-state index in [2.05, 4.69) is 91.0 Å². The van der Waals surface area contributed by atoms with Gasteiger partial charge in [-0.15, -0.1) is 0 Å². The van der Waals surface area contributed by atoms with Gasteiger partial charge in [0.25, 0.3) is 0 Å². The molecular formula is C32H20N2O. The molecule has 0 atom stereocenters. The first-order chi connectivity index (χ1) is 17.3. The predicted octanol–water partition coefficient (Wildman–Crippen LogP) is 8.53. The Morgan fingerprint density at radius 3 is 1.89 bits per heavy atom. The number of hydrogen-bond donors (Lipinski definition) is 0. The number of nitrogens with zero attached hydrogens (tertiary/aromatic N) is 2. The summed E-state index contributed by atoms with van der Waals surface area (Å²) >= 11 is 0. The monoisotopic (exact) mass is 448 g/mol. The van der Waals surface area contributed by atoms with Crippen LogP contribution in [0.3, 0.4) is 0 Å². The zero-order valence-electron chi connectivity index (χ0n) is 18.8. The minimum absolute atomic E-state index is 0.685. The van der Waals surface area contributed by atoms with Gasteiger partial charge in [0.2, 0.25) is 0 Å². The molecule has 5 aromatic carbocycles. The van der Waals surface area contributed by atoms with Gasteiger partial charge in [-0.3, -0.25) is 0 Å². The highest BCUT2D eigenvalue weighted by atomic mass is 16.3. The lowest BCUT2D eigenvalue weighted by atomic mass is 10.0. The lowest BCUT2D eigenvalue weighted by molar-refractivity contribution is 0.668. The fraction of sp³-hybridized carbons (Fsp3) is 0. The van der Waals surface area contributed by atoms with Crippen LogP contribution in [0.25, 0.3) is 66.6 Å². The summed E-state index contributed by atoms with van der Waals surface area (Å²) < 4.78 is 6.41. The number of fused-ring (bicyclic) bond motifs is 4. The summed E-state index contributed by atoms with van der Waals surface area (Å²) in [5.74, 6) is 0.685. The van der Waals surface area contributed by atoms with Crippen molar-refractivity contribution in [3.8, 4) is 33.8 Å². The smallest absolute Gasteiger partial charge is 0.180 e. The number of hydrogen-bond acceptors (Lipinski definition) is 3. The van der Waals surface area contributed by atoms with Crippen molar-refractivity contribution in [3.05, 3.63) is 121 Å². The molecule has 0 fully saturated rings. The molecule has 0 saturated carbocycles. The van der Waals surface area contributed by atoms with Gasteiger partial charge in [0.1, 0.15) is 16.8 Å². The van der Waals surface area contributed by atoms with Gasteiger partial charge in [-0.2, -0.15) is 0 Å². The van der Waals surface area contributed by atoms with E-state index in [1.54, 1.807) is 0 Å². The van der Waals surface area contributed by atoms with E-state index in [1.807, 2.05) is 30.3 Å². The highest BCUT2D eigenvalue weighted by Crippen LogP contribution is 2.37. The van der Waals surface area contributed by atoms with Gasteiger partial charge < -0.3 is 4.42 Å². The highest BCUT2D eigenvalue weighted by Gasteiger charge is 2.18. The highest BCUT2D eigenvalue weighted by molar-refractivity contribution is 6.11. The Balaban J connectivity index is 1.52. The van der Waals surface area contributed by atoms with Crippen LogP contribution in [0, 0.1) is 0 Å². The molecular weight excluding hydrogens is 428 g/mol. The summed E-state index contributed by atoms with van der Waals surface area (Å²) in [6, 6.07) is 41.6. The van der Waals surface area contributed by atoms with Crippen LogP contribution in [0.4, 0.5) is 0 Å². The molecule has 2 heterocycles. The lowest BCUT2D eigenvalue weighted by Crippen LogP contribution is -1.94. The SMILES string of the molecule is c1ccc(-c2cccc(-c3nc(-c4ccccc4)c4oc5cc6ccccc6cc5c4n3)c2)cc1. The van der Waals surface area contributed by atoms with E-state index in [1.165, 1.54) is 5.56 Å². The van der Waals surface area contributed by atoms with Crippen LogP contribution in [0.5, 0.6) is 0 Å². The van der Waals surface area contributed by atoms with Crippen LogP contribution in [0.1, 0.15) is 0 Å². The molecule has 0 aliphatic rings. The normalized spacial score (nSPS) is 11.4. The predicted molar refractivity (Wildman–Crippen MR) is 143 cm³/mol. The summed E-state index contributed by atoms with van der Waals surface area (Å²) in [5.41, 5.74) is 7.44. The molecule has 164 valence electrons. The Bertz CT molecular complexity index is 1840. The lowest BCUT2D eigenvalue weighted by Gasteiger charge is -2.08. The van der Waals surface area contributed by atoms with Gasteiger partial charge in [0.15, 0.2) is 11.4 Å². The average Bonchev–Trinajstić information content (AvgIpc) is 3.29. The molecule has 35 heavy (non-hydrogen) atoms. The Morgan fingerprint density at radius 2 is 1.11 bits per heavy atom. The van der Waals surface area contributed by atoms with Crippen LogP contribution in [-0.2, 0) is 0 Å². The first-order valence-electron chi connectivity index (χ1n) is 11.7. The van der Waals surface area contributed by atoms with Crippen molar-refractivity contribution in [3.63, 3.8) is 0 Å². The molecule has 0 spiro atoms. The third-order valence-corrected chi connectivity index (χ3v) is 6.46. The third kappa shape index (κ3) is 3.37. The molecule has 3 heteroatoms. The summed E-state index contributed by atoms with van der Waals surface area (Å²) in [6.45, 7) is 0. The van der Waals surface area contributed by atoms with Crippen molar-refractivity contribution in [2.24, 2.45) is 0 Å². The van der Waals surface area contributed by atoms with E-state index >= 15 is 0 Å². The van der Waals surface area contributed by atoms with Crippen LogP contribution in [-0.4, -0.2) is 9.97 Å². The van der Waals surface area contributed by atoms with Gasteiger partial charge in [-0.25, -0.2) is 9.97 Å². The van der Waals surface area contributed by atoms with Crippen LogP contribution < -0.4 is 0 Å². The fourth-order valence-corrected chi connectivity index (χ4v) is 4.72. The number of aromatic nitrogens is 2. The Kier molecular flexibility index (Phi) is 4.46. The van der Waals surface area contributed by atoms with E-state index in [0.29, 0.717) is 11.4 Å². The second-order valence-corrected chi connectivity index (χ2v) is 8.68. The molecule has 0 aliphatic heterocycles. The number of rotatable bonds is 3. The molecule has 0 unspecified atom stereocenters. The second-order valence-electron chi connectivity index (χ2n) is 8.68. The van der Waals surface area contributed by atoms with Gasteiger partial charge in [-0.05, 0) is 40.1 Å². The van der Waals surface area contributed by atoms with Crippen molar-refractivity contribution >= 4 is 32.8 Å². The minimum atomic E-state index is 0.685. The zero-order chi connectivity index (χ0) is 23.2. The second kappa shape index (κ2) is 7.93. The van der Waals surface area contributed by atoms with Crippen molar-refractivity contribution < 1.29 is 4.42 Å². The first-order valence-corrected chi connectivity index (χ1v) is 11.7. The average molecular weight is 449 g/mol. The van der Waals surface area contributed by atoms with Crippen molar-refractivity contribution in [2.45, 2.75) is 0 Å². The summed E-state index contributed by atoms with van der Waals surface area (Å²) in [4.78, 5) is 10.1. The first kappa shape index (κ1) is 19.7. The standard InChI is InChI=1S/C32H20N2O/c1-3-10-21(11-4-1)23-16-9-17-26(18-23)32-33-29(22-12-5-2-6-13-22)31-30(34-32)27-19-24-14-7-8-15-25(24)20-28(27)35-31/h1-20H. The van der Waals surface area contributed by atoms with Crippen molar-refractivity contribution in [1.82, 2.24) is 9.97 Å². The largest absolute Gasteiger partial charge is 0.452 e. The van der Waals surface area contributed by atoms with E-state index in [-0.39, 0.29) is 0 Å². The summed E-state index contributed by atoms with van der Waals surface area (Å²) in [6.07, 6.45) is 0. The summed E-state index contributed by atoms with van der Waals surface area (Å²) in [7, 11) is 0. The summed E-state index contributed by atoms with van der Waals surface area (Å²) in [5, 5.41) is 3.30. The van der Waals surface area contributed by atoms with E-state index < -0.39 is 0 Å². The number of benzene rings is 5. The minimum Gasteiger partial charge on any atom is -0.452 e. The Hall–Kier alpha value is -4.76. The number of furan rings is 1. The van der Waals surface area contributed by atoms with Gasteiger partial charge in [0, 0.05) is 16.5 Å². The molecule has 0 N–H and O–H groups in total. The molecule has 3 nitrogen and oxygen atoms in total.